The Bertz CT molecular complexity index is 1350. The van der Waals surface area contributed by atoms with Gasteiger partial charge in [-0.1, -0.05) is 0 Å². The number of carbonyl (C=O) groups excluding carboxylic acids is 2. The van der Waals surface area contributed by atoms with Crippen molar-refractivity contribution in [3.05, 3.63) is 33.9 Å². The standard InChI is InChI=1S/C6H4F6N2O3S.C6H7F3O3.C5H5F3N2O/c1-14-4(2-3(13-14)5(7,8)9)17-18(15,16)6(10,11)12;1-2-12-5(11)3-4(10)6(7,8)9;1-10-4(11)2-3(9-10)5(6,7)8/h2H,1H3;2-3H2,1H3;2,9H,1H3. The summed E-state index contributed by atoms with van der Waals surface area (Å²) in [6.07, 6.45) is -15.6. The van der Waals surface area contributed by atoms with Crippen LogP contribution in [0.3, 0.4) is 0 Å². The number of aromatic nitrogens is 4. The Morgan fingerprint density at radius 3 is 1.73 bits per heavy atom. The number of esters is 1. The Morgan fingerprint density at radius 2 is 1.44 bits per heavy atom. The van der Waals surface area contributed by atoms with Gasteiger partial charge >= 0.3 is 40.1 Å². The summed E-state index contributed by atoms with van der Waals surface area (Å²) in [6.45, 7) is 1.40. The van der Waals surface area contributed by atoms with Gasteiger partial charge in [0, 0.05) is 26.2 Å². The van der Waals surface area contributed by atoms with Gasteiger partial charge in [0.05, 0.1) is 6.61 Å². The van der Waals surface area contributed by atoms with E-state index in [2.05, 4.69) is 14.0 Å². The third kappa shape index (κ3) is 12.1. The van der Waals surface area contributed by atoms with E-state index in [9.17, 15) is 75.5 Å². The molecule has 0 saturated heterocycles. The van der Waals surface area contributed by atoms with Gasteiger partial charge in [0.15, 0.2) is 5.69 Å². The minimum atomic E-state index is -6.03. The lowest BCUT2D eigenvalue weighted by Gasteiger charge is -2.08. The molecule has 1 N–H and O–H groups in total. The fraction of sp³-hybridized carbons (Fsp3) is 0.529. The number of rotatable bonds is 5. The van der Waals surface area contributed by atoms with E-state index in [4.69, 9.17) is 0 Å². The predicted molar refractivity (Wildman–Crippen MR) is 107 cm³/mol. The van der Waals surface area contributed by atoms with E-state index in [0.29, 0.717) is 6.07 Å². The molecule has 0 aliphatic heterocycles. The fourth-order valence-electron chi connectivity index (χ4n) is 1.90. The van der Waals surface area contributed by atoms with Crippen molar-refractivity contribution >= 4 is 21.9 Å². The molecule has 0 aliphatic rings. The van der Waals surface area contributed by atoms with Gasteiger partial charge in [-0.25, -0.2) is 4.68 Å². The molecule has 0 fully saturated rings. The average Bonchev–Trinajstić information content (AvgIpc) is 3.29. The zero-order chi connectivity index (χ0) is 32.8. The highest BCUT2D eigenvalue weighted by Crippen LogP contribution is 2.32. The number of ether oxygens (including phenoxy) is 1. The van der Waals surface area contributed by atoms with Gasteiger partial charge < -0.3 is 8.92 Å². The van der Waals surface area contributed by atoms with Gasteiger partial charge in [0.1, 0.15) is 12.1 Å². The molecule has 0 radical (unpaired) electrons. The van der Waals surface area contributed by atoms with E-state index in [1.807, 2.05) is 5.10 Å². The largest absolute Gasteiger partial charge is 0.534 e. The predicted octanol–water partition coefficient (Wildman–Crippen LogP) is 3.47. The number of H-pyrrole nitrogens is 1. The second kappa shape index (κ2) is 13.3. The van der Waals surface area contributed by atoms with Gasteiger partial charge in [0.25, 0.3) is 5.56 Å². The molecule has 0 spiro atoms. The van der Waals surface area contributed by atoms with Crippen LogP contribution >= 0.6 is 0 Å². The quantitative estimate of drug-likeness (QED) is 0.171. The number of halogens is 12. The Hall–Kier alpha value is -3.73. The van der Waals surface area contributed by atoms with Crippen molar-refractivity contribution in [1.82, 2.24) is 19.6 Å². The van der Waals surface area contributed by atoms with Crippen LogP contribution in [0.5, 0.6) is 5.88 Å². The van der Waals surface area contributed by atoms with Crippen molar-refractivity contribution in [3.63, 3.8) is 0 Å². The number of carbonyl (C=O) groups is 2. The maximum Gasteiger partial charge on any atom is 0.534 e. The number of ketones is 1. The number of nitrogens with zero attached hydrogens (tertiary/aromatic N) is 3. The van der Waals surface area contributed by atoms with Crippen LogP contribution in [0.2, 0.25) is 0 Å². The molecule has 0 bridgehead atoms. The monoisotopic (exact) mass is 648 g/mol. The minimum Gasteiger partial charge on any atom is -0.466 e. The third-order valence-corrected chi connectivity index (χ3v) is 4.68. The normalized spacial score (nSPS) is 12.5. The van der Waals surface area contributed by atoms with Gasteiger partial charge in [-0.15, -0.1) is 0 Å². The first kappa shape index (κ1) is 37.3. The van der Waals surface area contributed by atoms with Crippen LogP contribution < -0.4 is 9.74 Å². The highest BCUT2D eigenvalue weighted by atomic mass is 32.2. The summed E-state index contributed by atoms with van der Waals surface area (Å²) >= 11 is 0. The maximum atomic E-state index is 12.1. The SMILES string of the molecule is CCOC(=O)CC(=O)C(F)(F)F.Cn1[nH]c(C(F)(F)F)cc1=O.Cn1nc(C(F)(F)F)cc1OS(=O)(=O)C(F)(F)F. The number of aryl methyl sites for hydroxylation is 2. The molecule has 2 rings (SSSR count). The summed E-state index contributed by atoms with van der Waals surface area (Å²) in [7, 11) is -4.01. The lowest BCUT2D eigenvalue weighted by molar-refractivity contribution is -0.174. The fourth-order valence-corrected chi connectivity index (χ4v) is 2.38. The van der Waals surface area contributed by atoms with Gasteiger partial charge in [0.2, 0.25) is 11.7 Å². The lowest BCUT2D eigenvalue weighted by atomic mass is 10.3. The number of nitrogens with one attached hydrogen (secondary N) is 1. The summed E-state index contributed by atoms with van der Waals surface area (Å²) < 4.78 is 172. The molecule has 2 aromatic heterocycles. The van der Waals surface area contributed by atoms with E-state index < -0.39 is 75.2 Å². The number of alkyl halides is 12. The number of aromatic amines is 1. The Morgan fingerprint density at radius 1 is 0.927 bits per heavy atom. The second-order valence-corrected chi connectivity index (χ2v) is 8.48. The maximum absolute atomic E-state index is 12.1. The molecule has 11 nitrogen and oxygen atoms in total. The number of Topliss-reactive ketones (excluding diaryl/α,β-unsaturated/α-hetero) is 1. The third-order valence-electron chi connectivity index (χ3n) is 3.72. The van der Waals surface area contributed by atoms with Crippen molar-refractivity contribution < 1.29 is 79.6 Å². The van der Waals surface area contributed by atoms with E-state index in [-0.39, 0.29) is 17.4 Å². The van der Waals surface area contributed by atoms with Crippen molar-refractivity contribution in [3.8, 4) is 5.88 Å². The van der Waals surface area contributed by atoms with Crippen LogP contribution in [-0.4, -0.2) is 58.0 Å². The molecule has 2 heterocycles. The van der Waals surface area contributed by atoms with E-state index >= 15 is 0 Å². The molecule has 0 atom stereocenters. The topological polar surface area (TPSA) is 142 Å². The molecule has 24 heteroatoms. The zero-order valence-electron chi connectivity index (χ0n) is 20.2. The molecular formula is C17H16F12N4O7S. The van der Waals surface area contributed by atoms with Crippen LogP contribution in [0.25, 0.3) is 0 Å². The smallest absolute Gasteiger partial charge is 0.466 e. The number of hydrogen-bond acceptors (Lipinski definition) is 8. The van der Waals surface area contributed by atoms with E-state index in [0.717, 1.165) is 11.7 Å². The van der Waals surface area contributed by atoms with Crippen molar-refractivity contribution in [2.24, 2.45) is 14.1 Å². The minimum absolute atomic E-state index is 0.0377. The molecule has 0 amide bonds. The van der Waals surface area contributed by atoms with Crippen molar-refractivity contribution in [2.45, 2.75) is 37.4 Å². The summed E-state index contributed by atoms with van der Waals surface area (Å²) in [5.74, 6) is -4.43. The number of hydrogen-bond donors (Lipinski definition) is 1. The van der Waals surface area contributed by atoms with Crippen LogP contribution in [0, 0.1) is 0 Å². The summed E-state index contributed by atoms with van der Waals surface area (Å²) in [5.41, 5.74) is -9.03. The highest BCUT2D eigenvalue weighted by molar-refractivity contribution is 7.87. The first-order valence-electron chi connectivity index (χ1n) is 9.84. The van der Waals surface area contributed by atoms with E-state index in [1.54, 1.807) is 0 Å². The highest BCUT2D eigenvalue weighted by Gasteiger charge is 2.49. The van der Waals surface area contributed by atoms with Crippen LogP contribution in [0.4, 0.5) is 52.7 Å². The van der Waals surface area contributed by atoms with Crippen LogP contribution in [0.1, 0.15) is 24.7 Å². The molecule has 0 unspecified atom stereocenters. The van der Waals surface area contributed by atoms with Crippen molar-refractivity contribution in [2.75, 3.05) is 6.61 Å². The summed E-state index contributed by atoms with van der Waals surface area (Å²) in [5, 5.41) is 4.65. The molecular weight excluding hydrogens is 632 g/mol. The zero-order valence-corrected chi connectivity index (χ0v) is 21.0. The molecule has 0 aliphatic carbocycles. The van der Waals surface area contributed by atoms with Gasteiger partial charge in [-0.05, 0) is 6.92 Å². The Kier molecular flexibility index (Phi) is 12.1. The molecule has 0 saturated carbocycles. The molecule has 236 valence electrons. The summed E-state index contributed by atoms with van der Waals surface area (Å²) in [4.78, 5) is 31.0. The van der Waals surface area contributed by atoms with Crippen LogP contribution in [0.15, 0.2) is 16.9 Å². The Labute approximate surface area is 219 Å². The average molecular weight is 648 g/mol. The van der Waals surface area contributed by atoms with E-state index in [1.165, 1.54) is 14.0 Å². The van der Waals surface area contributed by atoms with Gasteiger partial charge in [-0.3, -0.25) is 24.2 Å². The molecule has 0 aromatic carbocycles. The van der Waals surface area contributed by atoms with Gasteiger partial charge in [-0.2, -0.15) is 66.2 Å². The molecule has 41 heavy (non-hydrogen) atoms. The first-order chi connectivity index (χ1) is 18.1. The Balaban J connectivity index is 0.000000611. The first-order valence-corrected chi connectivity index (χ1v) is 11.2. The lowest BCUT2D eigenvalue weighted by Crippen LogP contribution is -2.28. The second-order valence-electron chi connectivity index (χ2n) is 6.94. The van der Waals surface area contributed by atoms with Crippen LogP contribution in [-0.2, 0) is 50.9 Å². The molecule has 2 aromatic rings. The summed E-state index contributed by atoms with van der Waals surface area (Å²) in [6, 6.07) is 0.559. The van der Waals surface area contributed by atoms with Crippen molar-refractivity contribution in [1.29, 1.82) is 0 Å².